The average molecular weight is 242 g/mol. The maximum absolute atomic E-state index is 12.2. The number of nitrogens with zero attached hydrogens (tertiary/aromatic N) is 2. The molecule has 0 radical (unpaired) electrons. The Bertz CT molecular complexity index is 255. The number of likely N-dealkylation sites (tertiary alicyclic amines) is 1. The summed E-state index contributed by atoms with van der Waals surface area (Å²) in [6, 6.07) is -0.153. The molecular formula is C13H26N2O2. The fraction of sp³-hybridized carbons (Fsp3) is 0.923. The first-order valence-corrected chi connectivity index (χ1v) is 6.53. The minimum atomic E-state index is -0.759. The van der Waals surface area contributed by atoms with Crippen molar-refractivity contribution in [1.29, 1.82) is 0 Å². The lowest BCUT2D eigenvalue weighted by atomic mass is 10.1. The van der Waals surface area contributed by atoms with Gasteiger partial charge in [0.1, 0.15) is 0 Å². The Morgan fingerprint density at radius 3 is 2.35 bits per heavy atom. The van der Waals surface area contributed by atoms with Crippen LogP contribution in [0, 0.1) is 0 Å². The van der Waals surface area contributed by atoms with E-state index in [2.05, 4.69) is 0 Å². The van der Waals surface area contributed by atoms with Gasteiger partial charge in [0.25, 0.3) is 0 Å². The molecule has 100 valence electrons. The first-order valence-electron chi connectivity index (χ1n) is 6.53. The van der Waals surface area contributed by atoms with Crippen molar-refractivity contribution in [3.8, 4) is 0 Å². The number of carbonyl (C=O) groups excluding carboxylic acids is 1. The Hall–Kier alpha value is -0.610. The topological polar surface area (TPSA) is 43.8 Å². The third kappa shape index (κ3) is 4.64. The second-order valence-corrected chi connectivity index (χ2v) is 5.79. The van der Waals surface area contributed by atoms with Crippen molar-refractivity contribution in [2.45, 2.75) is 51.7 Å². The maximum atomic E-state index is 12.2. The maximum Gasteiger partial charge on any atom is 0.239 e. The van der Waals surface area contributed by atoms with Gasteiger partial charge in [0.05, 0.1) is 11.6 Å². The normalized spacial score (nSPS) is 19.5. The lowest BCUT2D eigenvalue weighted by Crippen LogP contribution is -2.50. The van der Waals surface area contributed by atoms with Crippen LogP contribution in [0.3, 0.4) is 0 Å². The molecule has 17 heavy (non-hydrogen) atoms. The van der Waals surface area contributed by atoms with Crippen LogP contribution in [-0.4, -0.2) is 59.1 Å². The van der Waals surface area contributed by atoms with Crippen LogP contribution < -0.4 is 0 Å². The van der Waals surface area contributed by atoms with E-state index < -0.39 is 5.60 Å². The fourth-order valence-electron chi connectivity index (χ4n) is 2.31. The molecule has 1 aliphatic rings. The zero-order valence-electron chi connectivity index (χ0n) is 11.6. The summed E-state index contributed by atoms with van der Waals surface area (Å²) in [7, 11) is 1.89. The van der Waals surface area contributed by atoms with Gasteiger partial charge in [-0.15, -0.1) is 0 Å². The molecule has 1 aliphatic heterocycles. The molecule has 0 spiro atoms. The van der Waals surface area contributed by atoms with Gasteiger partial charge >= 0.3 is 0 Å². The molecule has 1 N–H and O–H groups in total. The van der Waals surface area contributed by atoms with Crippen LogP contribution in [-0.2, 0) is 4.79 Å². The Morgan fingerprint density at radius 2 is 1.88 bits per heavy atom. The number of amides is 1. The summed E-state index contributed by atoms with van der Waals surface area (Å²) in [5.41, 5.74) is -0.759. The summed E-state index contributed by atoms with van der Waals surface area (Å²) in [6.45, 7) is 7.73. The Balaban J connectivity index is 2.50. The molecule has 1 fully saturated rings. The first kappa shape index (κ1) is 14.5. The van der Waals surface area contributed by atoms with E-state index in [0.29, 0.717) is 6.54 Å². The molecule has 1 heterocycles. The van der Waals surface area contributed by atoms with Crippen LogP contribution >= 0.6 is 0 Å². The Labute approximate surface area is 105 Å². The number of likely N-dealkylation sites (N-methyl/N-ethyl adjacent to an activating group) is 1. The average Bonchev–Trinajstić information content (AvgIpc) is 2.26. The van der Waals surface area contributed by atoms with Crippen molar-refractivity contribution in [3.63, 3.8) is 0 Å². The number of rotatable bonds is 4. The zero-order valence-corrected chi connectivity index (χ0v) is 11.6. The second kappa shape index (κ2) is 5.83. The first-order chi connectivity index (χ1) is 7.81. The molecule has 4 nitrogen and oxygen atoms in total. The van der Waals surface area contributed by atoms with Crippen molar-refractivity contribution in [1.82, 2.24) is 9.80 Å². The largest absolute Gasteiger partial charge is 0.389 e. The van der Waals surface area contributed by atoms with Gasteiger partial charge in [-0.25, -0.2) is 0 Å². The summed E-state index contributed by atoms with van der Waals surface area (Å²) < 4.78 is 0. The molecular weight excluding hydrogens is 216 g/mol. The van der Waals surface area contributed by atoms with Crippen LogP contribution in [0.4, 0.5) is 0 Å². The van der Waals surface area contributed by atoms with Crippen molar-refractivity contribution < 1.29 is 9.90 Å². The van der Waals surface area contributed by atoms with E-state index in [9.17, 15) is 9.90 Å². The third-order valence-corrected chi connectivity index (χ3v) is 3.32. The standard InChI is InChI=1S/C13H26N2O2/c1-11(14(4)10-13(2,3)17)12(16)15-8-6-5-7-9-15/h11,17H,5-10H2,1-4H3. The van der Waals surface area contributed by atoms with E-state index in [0.717, 1.165) is 25.9 Å². The highest BCUT2D eigenvalue weighted by Crippen LogP contribution is 2.13. The van der Waals surface area contributed by atoms with Crippen LogP contribution in [0.25, 0.3) is 0 Å². The van der Waals surface area contributed by atoms with Gasteiger partial charge in [-0.05, 0) is 47.1 Å². The van der Waals surface area contributed by atoms with E-state index in [-0.39, 0.29) is 11.9 Å². The molecule has 0 bridgehead atoms. The molecule has 0 aromatic carbocycles. The quantitative estimate of drug-likeness (QED) is 0.802. The molecule has 1 saturated heterocycles. The van der Waals surface area contributed by atoms with Crippen LogP contribution in [0.15, 0.2) is 0 Å². The summed E-state index contributed by atoms with van der Waals surface area (Å²) in [4.78, 5) is 16.1. The van der Waals surface area contributed by atoms with Gasteiger partial charge in [0, 0.05) is 19.6 Å². The monoisotopic (exact) mass is 242 g/mol. The number of hydrogen-bond donors (Lipinski definition) is 1. The predicted octanol–water partition coefficient (Wildman–Crippen LogP) is 1.09. The molecule has 0 aromatic rings. The molecule has 4 heteroatoms. The summed E-state index contributed by atoms with van der Waals surface area (Å²) in [5.74, 6) is 0.191. The zero-order chi connectivity index (χ0) is 13.1. The van der Waals surface area contributed by atoms with E-state index in [1.54, 1.807) is 13.8 Å². The van der Waals surface area contributed by atoms with Crippen molar-refractivity contribution in [2.75, 3.05) is 26.7 Å². The molecule has 1 atom stereocenters. The fourth-order valence-corrected chi connectivity index (χ4v) is 2.31. The van der Waals surface area contributed by atoms with Crippen molar-refractivity contribution in [3.05, 3.63) is 0 Å². The molecule has 0 aromatic heterocycles. The molecule has 0 aliphatic carbocycles. The van der Waals surface area contributed by atoms with Gasteiger partial charge in [0.2, 0.25) is 5.91 Å². The number of piperidine rings is 1. The van der Waals surface area contributed by atoms with E-state index in [1.165, 1.54) is 6.42 Å². The highest BCUT2D eigenvalue weighted by atomic mass is 16.3. The third-order valence-electron chi connectivity index (χ3n) is 3.32. The number of hydrogen-bond acceptors (Lipinski definition) is 3. The summed E-state index contributed by atoms with van der Waals surface area (Å²) in [6.07, 6.45) is 3.47. The number of aliphatic hydroxyl groups is 1. The SMILES string of the molecule is CC(C(=O)N1CCCCC1)N(C)CC(C)(C)O. The van der Waals surface area contributed by atoms with Gasteiger partial charge < -0.3 is 10.0 Å². The molecule has 1 amide bonds. The predicted molar refractivity (Wildman–Crippen MR) is 68.8 cm³/mol. The Kier molecular flexibility index (Phi) is 4.95. The smallest absolute Gasteiger partial charge is 0.239 e. The highest BCUT2D eigenvalue weighted by molar-refractivity contribution is 5.81. The van der Waals surface area contributed by atoms with Crippen LogP contribution in [0.1, 0.15) is 40.0 Å². The van der Waals surface area contributed by atoms with Gasteiger partial charge in [-0.3, -0.25) is 9.69 Å². The number of carbonyl (C=O) groups is 1. The molecule has 1 rings (SSSR count). The Morgan fingerprint density at radius 1 is 1.35 bits per heavy atom. The van der Waals surface area contributed by atoms with Gasteiger partial charge in [-0.1, -0.05) is 0 Å². The van der Waals surface area contributed by atoms with Crippen molar-refractivity contribution >= 4 is 5.91 Å². The van der Waals surface area contributed by atoms with Crippen LogP contribution in [0.2, 0.25) is 0 Å². The molecule has 1 unspecified atom stereocenters. The lowest BCUT2D eigenvalue weighted by Gasteiger charge is -2.34. The minimum Gasteiger partial charge on any atom is -0.389 e. The van der Waals surface area contributed by atoms with Crippen LogP contribution in [0.5, 0.6) is 0 Å². The summed E-state index contributed by atoms with van der Waals surface area (Å²) in [5, 5.41) is 9.76. The summed E-state index contributed by atoms with van der Waals surface area (Å²) >= 11 is 0. The lowest BCUT2D eigenvalue weighted by molar-refractivity contribution is -0.137. The van der Waals surface area contributed by atoms with Gasteiger partial charge in [-0.2, -0.15) is 0 Å². The van der Waals surface area contributed by atoms with E-state index in [4.69, 9.17) is 0 Å². The minimum absolute atomic E-state index is 0.153. The second-order valence-electron chi connectivity index (χ2n) is 5.79. The van der Waals surface area contributed by atoms with E-state index >= 15 is 0 Å². The van der Waals surface area contributed by atoms with Gasteiger partial charge in [0.15, 0.2) is 0 Å². The molecule has 0 saturated carbocycles. The highest BCUT2D eigenvalue weighted by Gasteiger charge is 2.27. The van der Waals surface area contributed by atoms with E-state index in [1.807, 2.05) is 23.8 Å². The van der Waals surface area contributed by atoms with Crippen molar-refractivity contribution in [2.24, 2.45) is 0 Å².